The highest BCUT2D eigenvalue weighted by Gasteiger charge is 2.41. The molecule has 2 aromatic carbocycles. The lowest BCUT2D eigenvalue weighted by molar-refractivity contribution is 0.555. The van der Waals surface area contributed by atoms with Crippen molar-refractivity contribution in [3.63, 3.8) is 0 Å². The molecule has 1 heterocycles. The highest BCUT2D eigenvalue weighted by molar-refractivity contribution is 7.89. The van der Waals surface area contributed by atoms with E-state index < -0.39 is 10.0 Å². The van der Waals surface area contributed by atoms with Crippen LogP contribution in [0.3, 0.4) is 0 Å². The van der Waals surface area contributed by atoms with Crippen LogP contribution in [0.15, 0.2) is 47.4 Å². The predicted octanol–water partition coefficient (Wildman–Crippen LogP) is 2.23. The van der Waals surface area contributed by atoms with E-state index in [1.807, 2.05) is 37.3 Å². The van der Waals surface area contributed by atoms with Crippen LogP contribution in [-0.4, -0.2) is 25.3 Å². The molecule has 4 heteroatoms. The summed E-state index contributed by atoms with van der Waals surface area (Å²) in [6.45, 7) is 2.55. The first-order chi connectivity index (χ1) is 8.09. The Balaban J connectivity index is 2.12. The number of fused-ring (bicyclic) bond motifs is 1. The van der Waals surface area contributed by atoms with Gasteiger partial charge in [-0.15, -0.1) is 0 Å². The van der Waals surface area contributed by atoms with Crippen molar-refractivity contribution in [3.8, 4) is 0 Å². The van der Waals surface area contributed by atoms with Crippen molar-refractivity contribution < 1.29 is 8.42 Å². The minimum absolute atomic E-state index is 0.145. The van der Waals surface area contributed by atoms with Gasteiger partial charge in [-0.2, -0.15) is 4.31 Å². The quantitative estimate of drug-likeness (QED) is 0.763. The second kappa shape index (κ2) is 3.55. The average Bonchev–Trinajstić information content (AvgIpc) is 3.06. The van der Waals surface area contributed by atoms with Crippen molar-refractivity contribution >= 4 is 20.8 Å². The fraction of sp³-hybridized carbons (Fsp3) is 0.231. The number of nitrogens with zero attached hydrogens (tertiary/aromatic N) is 1. The minimum atomic E-state index is -3.27. The van der Waals surface area contributed by atoms with Gasteiger partial charge < -0.3 is 0 Å². The van der Waals surface area contributed by atoms with Gasteiger partial charge in [-0.25, -0.2) is 8.42 Å². The van der Waals surface area contributed by atoms with Crippen molar-refractivity contribution in [2.45, 2.75) is 17.9 Å². The second-order valence-corrected chi connectivity index (χ2v) is 6.32. The summed E-state index contributed by atoms with van der Waals surface area (Å²) in [5.74, 6) is 0. The molecule has 0 radical (unpaired) electrons. The lowest BCUT2D eigenvalue weighted by Gasteiger charge is -2.06. The molecule has 0 spiro atoms. The molecule has 0 aliphatic carbocycles. The van der Waals surface area contributed by atoms with Gasteiger partial charge >= 0.3 is 0 Å². The first-order valence-corrected chi connectivity index (χ1v) is 7.04. The summed E-state index contributed by atoms with van der Waals surface area (Å²) in [5.41, 5.74) is 0. The predicted molar refractivity (Wildman–Crippen MR) is 67.3 cm³/mol. The molecule has 2 atom stereocenters. The van der Waals surface area contributed by atoms with Crippen LogP contribution >= 0.6 is 0 Å². The van der Waals surface area contributed by atoms with E-state index in [-0.39, 0.29) is 6.04 Å². The van der Waals surface area contributed by atoms with Crippen molar-refractivity contribution in [3.05, 3.63) is 42.5 Å². The molecule has 2 aromatic rings. The summed E-state index contributed by atoms with van der Waals surface area (Å²) in [7, 11) is -3.27. The largest absolute Gasteiger partial charge is 0.243 e. The van der Waals surface area contributed by atoms with Gasteiger partial charge in [0, 0.05) is 12.6 Å². The van der Waals surface area contributed by atoms with Crippen molar-refractivity contribution in [1.82, 2.24) is 4.31 Å². The van der Waals surface area contributed by atoms with Gasteiger partial charge in [0.25, 0.3) is 0 Å². The van der Waals surface area contributed by atoms with E-state index in [9.17, 15) is 8.42 Å². The molecular formula is C13H13NO2S. The Kier molecular flexibility index (Phi) is 2.24. The van der Waals surface area contributed by atoms with E-state index in [1.165, 1.54) is 4.31 Å². The van der Waals surface area contributed by atoms with Gasteiger partial charge in [0.05, 0.1) is 4.90 Å². The molecule has 1 aliphatic heterocycles. The molecule has 2 unspecified atom stereocenters. The number of rotatable bonds is 2. The maximum Gasteiger partial charge on any atom is 0.243 e. The highest BCUT2D eigenvalue weighted by atomic mass is 32.2. The summed E-state index contributed by atoms with van der Waals surface area (Å²) in [6, 6.07) is 13.2. The number of sulfonamides is 1. The monoisotopic (exact) mass is 247 g/mol. The third-order valence-corrected chi connectivity index (χ3v) is 5.11. The molecule has 88 valence electrons. The van der Waals surface area contributed by atoms with Gasteiger partial charge in [0.1, 0.15) is 0 Å². The first kappa shape index (κ1) is 10.7. The molecule has 0 bridgehead atoms. The highest BCUT2D eigenvalue weighted by Crippen LogP contribution is 2.29. The lowest BCUT2D eigenvalue weighted by atomic mass is 10.1. The maximum atomic E-state index is 12.2. The summed E-state index contributed by atoms with van der Waals surface area (Å²) in [6.07, 6.45) is 0. The Morgan fingerprint density at radius 2 is 1.76 bits per heavy atom. The van der Waals surface area contributed by atoms with Crippen LogP contribution in [0, 0.1) is 0 Å². The topological polar surface area (TPSA) is 37.1 Å². The van der Waals surface area contributed by atoms with E-state index in [0.717, 1.165) is 10.8 Å². The molecule has 0 aromatic heterocycles. The van der Waals surface area contributed by atoms with Crippen LogP contribution in [0.1, 0.15) is 6.92 Å². The van der Waals surface area contributed by atoms with Crippen LogP contribution in [0.2, 0.25) is 0 Å². The van der Waals surface area contributed by atoms with E-state index in [4.69, 9.17) is 0 Å². The number of hydrogen-bond donors (Lipinski definition) is 0. The molecule has 0 N–H and O–H groups in total. The summed E-state index contributed by atoms with van der Waals surface area (Å²) in [4.78, 5) is 0.389. The third kappa shape index (κ3) is 1.73. The lowest BCUT2D eigenvalue weighted by Crippen LogP contribution is -2.13. The van der Waals surface area contributed by atoms with Gasteiger partial charge in [-0.05, 0) is 29.8 Å². The summed E-state index contributed by atoms with van der Waals surface area (Å²) in [5, 5.41) is 2.02. The van der Waals surface area contributed by atoms with Gasteiger partial charge in [-0.1, -0.05) is 30.3 Å². The van der Waals surface area contributed by atoms with E-state index >= 15 is 0 Å². The molecular weight excluding hydrogens is 234 g/mol. The van der Waals surface area contributed by atoms with Gasteiger partial charge in [-0.3, -0.25) is 0 Å². The van der Waals surface area contributed by atoms with Crippen molar-refractivity contribution in [2.24, 2.45) is 0 Å². The van der Waals surface area contributed by atoms with E-state index in [1.54, 1.807) is 12.1 Å². The zero-order valence-electron chi connectivity index (χ0n) is 9.50. The Morgan fingerprint density at radius 1 is 1.12 bits per heavy atom. The fourth-order valence-electron chi connectivity index (χ4n) is 2.01. The van der Waals surface area contributed by atoms with Crippen LogP contribution in [-0.2, 0) is 10.0 Å². The Bertz CT molecular complexity index is 679. The Hall–Kier alpha value is -1.39. The summed E-state index contributed by atoms with van der Waals surface area (Å²) >= 11 is 0. The summed E-state index contributed by atoms with van der Waals surface area (Å²) < 4.78 is 25.9. The third-order valence-electron chi connectivity index (χ3n) is 3.13. The number of hydrogen-bond acceptors (Lipinski definition) is 2. The van der Waals surface area contributed by atoms with Crippen molar-refractivity contribution in [1.29, 1.82) is 0 Å². The smallest absolute Gasteiger partial charge is 0.207 e. The van der Waals surface area contributed by atoms with E-state index in [0.29, 0.717) is 11.4 Å². The van der Waals surface area contributed by atoms with Crippen LogP contribution in [0.5, 0.6) is 0 Å². The molecule has 1 saturated heterocycles. The number of benzene rings is 2. The first-order valence-electron chi connectivity index (χ1n) is 5.60. The van der Waals surface area contributed by atoms with Gasteiger partial charge in [0.2, 0.25) is 10.0 Å². The standard InChI is InChI=1S/C13H13NO2S/c1-10-9-14(10)17(15,16)13-7-6-11-4-2-3-5-12(11)8-13/h2-8,10H,9H2,1H3. The van der Waals surface area contributed by atoms with E-state index in [2.05, 4.69) is 0 Å². The zero-order valence-corrected chi connectivity index (χ0v) is 10.3. The molecule has 3 rings (SSSR count). The molecule has 1 fully saturated rings. The minimum Gasteiger partial charge on any atom is -0.207 e. The molecule has 3 nitrogen and oxygen atoms in total. The van der Waals surface area contributed by atoms with Crippen LogP contribution in [0.25, 0.3) is 10.8 Å². The molecule has 1 aliphatic rings. The fourth-order valence-corrected chi connectivity index (χ4v) is 3.68. The maximum absolute atomic E-state index is 12.2. The van der Waals surface area contributed by atoms with Crippen LogP contribution < -0.4 is 0 Å². The Morgan fingerprint density at radius 3 is 2.41 bits per heavy atom. The average molecular weight is 247 g/mol. The van der Waals surface area contributed by atoms with Crippen LogP contribution in [0.4, 0.5) is 0 Å². The van der Waals surface area contributed by atoms with Crippen molar-refractivity contribution in [2.75, 3.05) is 6.54 Å². The normalized spacial score (nSPS) is 23.8. The zero-order chi connectivity index (χ0) is 12.0. The molecule has 17 heavy (non-hydrogen) atoms. The SMILES string of the molecule is CC1CN1S(=O)(=O)c1ccc2ccccc2c1. The molecule has 0 saturated carbocycles. The van der Waals surface area contributed by atoms with Gasteiger partial charge in [0.15, 0.2) is 0 Å². The second-order valence-electron chi connectivity index (χ2n) is 4.43. The Labute approximate surface area is 101 Å². The molecule has 0 amide bonds.